The van der Waals surface area contributed by atoms with E-state index in [0.29, 0.717) is 29.7 Å². The Kier molecular flexibility index (Phi) is 5.48. The first-order chi connectivity index (χ1) is 9.47. The van der Waals surface area contributed by atoms with Gasteiger partial charge in [0.05, 0.1) is 0 Å². The Morgan fingerprint density at radius 3 is 2.60 bits per heavy atom. The highest BCUT2D eigenvalue weighted by atomic mass is 16.1. The van der Waals surface area contributed by atoms with Gasteiger partial charge in [0, 0.05) is 12.5 Å². The van der Waals surface area contributed by atoms with Gasteiger partial charge in [0.25, 0.3) is 0 Å². The summed E-state index contributed by atoms with van der Waals surface area (Å²) in [5, 5.41) is 6.71. The summed E-state index contributed by atoms with van der Waals surface area (Å²) in [6.45, 7) is 9.16. The van der Waals surface area contributed by atoms with E-state index in [1.165, 1.54) is 32.1 Å². The van der Waals surface area contributed by atoms with Gasteiger partial charge in [0.2, 0.25) is 5.91 Å². The quantitative estimate of drug-likeness (QED) is 0.831. The number of rotatable bonds is 4. The summed E-state index contributed by atoms with van der Waals surface area (Å²) in [6, 6.07) is 0.401. The van der Waals surface area contributed by atoms with E-state index >= 15 is 0 Å². The minimum Gasteiger partial charge on any atom is -0.353 e. The third kappa shape index (κ3) is 4.47. The van der Waals surface area contributed by atoms with E-state index in [-0.39, 0.29) is 5.91 Å². The van der Waals surface area contributed by atoms with Gasteiger partial charge < -0.3 is 10.6 Å². The van der Waals surface area contributed by atoms with E-state index < -0.39 is 0 Å². The fourth-order valence-electron chi connectivity index (χ4n) is 3.92. The average molecular weight is 280 g/mol. The largest absolute Gasteiger partial charge is 0.353 e. The molecule has 1 amide bonds. The molecule has 116 valence electrons. The summed E-state index contributed by atoms with van der Waals surface area (Å²) in [5.74, 6) is 1.62. The zero-order chi connectivity index (χ0) is 14.6. The second kappa shape index (κ2) is 6.93. The lowest BCUT2D eigenvalue weighted by atomic mass is 9.69. The Bertz CT molecular complexity index is 315. The van der Waals surface area contributed by atoms with Crippen molar-refractivity contribution in [1.29, 1.82) is 0 Å². The van der Waals surface area contributed by atoms with E-state index in [1.54, 1.807) is 0 Å². The fourth-order valence-corrected chi connectivity index (χ4v) is 3.92. The van der Waals surface area contributed by atoms with Crippen LogP contribution in [-0.4, -0.2) is 25.0 Å². The maximum atomic E-state index is 12.2. The lowest BCUT2D eigenvalue weighted by molar-refractivity contribution is -0.123. The molecule has 0 radical (unpaired) electrons. The Morgan fingerprint density at radius 1 is 1.20 bits per heavy atom. The van der Waals surface area contributed by atoms with Crippen molar-refractivity contribution in [3.05, 3.63) is 0 Å². The minimum absolute atomic E-state index is 0.276. The predicted octanol–water partition coefficient (Wildman–Crippen LogP) is 3.10. The van der Waals surface area contributed by atoms with Crippen molar-refractivity contribution in [3.8, 4) is 0 Å². The second-order valence-corrected chi connectivity index (χ2v) is 7.83. The molecule has 0 bridgehead atoms. The molecule has 2 N–H and O–H groups in total. The normalized spacial score (nSPS) is 31.2. The summed E-state index contributed by atoms with van der Waals surface area (Å²) in [6.07, 6.45) is 8.01. The smallest absolute Gasteiger partial charge is 0.220 e. The molecule has 1 aliphatic carbocycles. The van der Waals surface area contributed by atoms with Crippen molar-refractivity contribution in [1.82, 2.24) is 10.6 Å². The zero-order valence-corrected chi connectivity index (χ0v) is 13.5. The zero-order valence-electron chi connectivity index (χ0n) is 13.5. The summed E-state index contributed by atoms with van der Waals surface area (Å²) >= 11 is 0. The summed E-state index contributed by atoms with van der Waals surface area (Å²) in [5.41, 5.74) is 0.299. The average Bonchev–Trinajstić information content (AvgIpc) is 2.89. The Labute approximate surface area is 124 Å². The number of nitrogens with one attached hydrogen (secondary N) is 2. The highest BCUT2D eigenvalue weighted by molar-refractivity contribution is 5.76. The van der Waals surface area contributed by atoms with Crippen molar-refractivity contribution >= 4 is 5.91 Å². The van der Waals surface area contributed by atoms with Gasteiger partial charge in [-0.3, -0.25) is 4.79 Å². The number of amides is 1. The highest BCUT2D eigenvalue weighted by Gasteiger charge is 2.34. The van der Waals surface area contributed by atoms with Crippen LogP contribution in [0.5, 0.6) is 0 Å². The second-order valence-electron chi connectivity index (χ2n) is 7.83. The Hall–Kier alpha value is -0.570. The van der Waals surface area contributed by atoms with Gasteiger partial charge in [0.1, 0.15) is 0 Å². The predicted molar refractivity (Wildman–Crippen MR) is 83.6 cm³/mol. The summed E-state index contributed by atoms with van der Waals surface area (Å²) in [7, 11) is 0. The number of hydrogen-bond donors (Lipinski definition) is 2. The summed E-state index contributed by atoms with van der Waals surface area (Å²) in [4.78, 5) is 12.2. The molecule has 3 heteroatoms. The van der Waals surface area contributed by atoms with Gasteiger partial charge in [-0.05, 0) is 56.0 Å². The standard InChI is InChI=1S/C17H32N2O/c1-17(2,3)14-6-4-5-7-15(14)19-16(20)9-8-13-10-11-18-12-13/h13-15,18H,4-12H2,1-3H3,(H,19,20). The molecule has 1 saturated heterocycles. The first kappa shape index (κ1) is 15.8. The SMILES string of the molecule is CC(C)(C)C1CCCCC1NC(=O)CCC1CCNC1. The van der Waals surface area contributed by atoms with E-state index in [0.717, 1.165) is 19.5 Å². The van der Waals surface area contributed by atoms with Crippen LogP contribution >= 0.6 is 0 Å². The van der Waals surface area contributed by atoms with E-state index in [4.69, 9.17) is 0 Å². The molecule has 2 aliphatic rings. The molecule has 3 nitrogen and oxygen atoms in total. The molecule has 20 heavy (non-hydrogen) atoms. The molecular formula is C17H32N2O. The maximum Gasteiger partial charge on any atom is 0.220 e. The lowest BCUT2D eigenvalue weighted by Crippen LogP contribution is -2.46. The molecule has 1 aliphatic heterocycles. The summed E-state index contributed by atoms with van der Waals surface area (Å²) < 4.78 is 0. The van der Waals surface area contributed by atoms with Crippen LogP contribution in [0.4, 0.5) is 0 Å². The van der Waals surface area contributed by atoms with E-state index in [9.17, 15) is 4.79 Å². The van der Waals surface area contributed by atoms with Gasteiger partial charge in [0.15, 0.2) is 0 Å². The molecule has 3 atom stereocenters. The topological polar surface area (TPSA) is 41.1 Å². The van der Waals surface area contributed by atoms with Gasteiger partial charge in [-0.25, -0.2) is 0 Å². The molecule has 0 spiro atoms. The third-order valence-corrected chi connectivity index (χ3v) is 5.17. The lowest BCUT2D eigenvalue weighted by Gasteiger charge is -2.40. The van der Waals surface area contributed by atoms with Gasteiger partial charge in [-0.1, -0.05) is 33.6 Å². The van der Waals surface area contributed by atoms with E-state index in [2.05, 4.69) is 31.4 Å². The monoisotopic (exact) mass is 280 g/mol. The molecule has 1 heterocycles. The van der Waals surface area contributed by atoms with Crippen molar-refractivity contribution in [2.24, 2.45) is 17.3 Å². The highest BCUT2D eigenvalue weighted by Crippen LogP contribution is 2.38. The molecule has 0 aromatic heterocycles. The van der Waals surface area contributed by atoms with Crippen LogP contribution in [0.25, 0.3) is 0 Å². The van der Waals surface area contributed by atoms with Crippen molar-refractivity contribution < 1.29 is 4.79 Å². The molecule has 0 aromatic carbocycles. The van der Waals surface area contributed by atoms with Crippen molar-refractivity contribution in [2.45, 2.75) is 71.8 Å². The van der Waals surface area contributed by atoms with Crippen LogP contribution in [0.1, 0.15) is 65.7 Å². The van der Waals surface area contributed by atoms with Crippen molar-refractivity contribution in [2.75, 3.05) is 13.1 Å². The Morgan fingerprint density at radius 2 is 1.95 bits per heavy atom. The van der Waals surface area contributed by atoms with Crippen LogP contribution in [0.15, 0.2) is 0 Å². The molecule has 0 aromatic rings. The molecule has 3 unspecified atom stereocenters. The van der Waals surface area contributed by atoms with Crippen LogP contribution in [0, 0.1) is 17.3 Å². The maximum absolute atomic E-state index is 12.2. The van der Waals surface area contributed by atoms with Gasteiger partial charge in [-0.2, -0.15) is 0 Å². The molecule has 2 fully saturated rings. The van der Waals surface area contributed by atoms with Crippen LogP contribution < -0.4 is 10.6 Å². The molecule has 1 saturated carbocycles. The fraction of sp³-hybridized carbons (Fsp3) is 0.941. The first-order valence-electron chi connectivity index (χ1n) is 8.47. The Balaban J connectivity index is 1.78. The molecule has 2 rings (SSSR count). The minimum atomic E-state index is 0.276. The third-order valence-electron chi connectivity index (χ3n) is 5.17. The van der Waals surface area contributed by atoms with Gasteiger partial charge in [-0.15, -0.1) is 0 Å². The van der Waals surface area contributed by atoms with E-state index in [1.807, 2.05) is 0 Å². The number of carbonyl (C=O) groups is 1. The van der Waals surface area contributed by atoms with Crippen LogP contribution in [0.3, 0.4) is 0 Å². The van der Waals surface area contributed by atoms with Crippen LogP contribution in [-0.2, 0) is 4.79 Å². The first-order valence-corrected chi connectivity index (χ1v) is 8.47. The van der Waals surface area contributed by atoms with Crippen molar-refractivity contribution in [3.63, 3.8) is 0 Å². The number of carbonyl (C=O) groups excluding carboxylic acids is 1. The van der Waals surface area contributed by atoms with Crippen LogP contribution in [0.2, 0.25) is 0 Å². The number of hydrogen-bond acceptors (Lipinski definition) is 2. The van der Waals surface area contributed by atoms with Gasteiger partial charge >= 0.3 is 0 Å². The molecular weight excluding hydrogens is 248 g/mol.